The van der Waals surface area contributed by atoms with E-state index in [9.17, 15) is 4.79 Å². The Balaban J connectivity index is 2.82. The van der Waals surface area contributed by atoms with Gasteiger partial charge in [-0.1, -0.05) is 12.1 Å². The van der Waals surface area contributed by atoms with Crippen LogP contribution in [0.1, 0.15) is 15.9 Å². The van der Waals surface area contributed by atoms with Crippen LogP contribution in [-0.2, 0) is 6.42 Å². The lowest BCUT2D eigenvalue weighted by Gasteiger charge is -2.15. The van der Waals surface area contributed by atoms with E-state index in [1.54, 1.807) is 12.1 Å². The molecule has 0 heterocycles. The average Bonchev–Trinajstić information content (AvgIpc) is 2.39. The molecule has 1 amide bonds. The maximum absolute atomic E-state index is 12.0. The normalized spacial score (nSPS) is 9.28. The smallest absolute Gasteiger partial charge is 0.255 e. The molecule has 0 atom stereocenters. The molecule has 5 heteroatoms. The summed E-state index contributed by atoms with van der Waals surface area (Å²) in [7, 11) is 0. The van der Waals surface area contributed by atoms with Gasteiger partial charge in [-0.3, -0.25) is 4.79 Å². The molecular weight excluding hydrogens is 228 g/mol. The number of rotatable bonds is 5. The van der Waals surface area contributed by atoms with Crippen LogP contribution in [0.2, 0.25) is 0 Å². The van der Waals surface area contributed by atoms with Crippen molar-refractivity contribution < 1.29 is 4.79 Å². The van der Waals surface area contributed by atoms with Gasteiger partial charge in [-0.25, -0.2) is 0 Å². The van der Waals surface area contributed by atoms with Gasteiger partial charge in [-0.05, 0) is 30.7 Å². The van der Waals surface area contributed by atoms with Crippen molar-refractivity contribution in [3.63, 3.8) is 0 Å². The summed E-state index contributed by atoms with van der Waals surface area (Å²) in [5.41, 5.74) is 6.97. The molecule has 1 aromatic carbocycles. The van der Waals surface area contributed by atoms with Crippen LogP contribution in [-0.4, -0.2) is 30.4 Å². The highest BCUT2D eigenvalue weighted by molar-refractivity contribution is 5.94. The van der Waals surface area contributed by atoms with Crippen LogP contribution in [0.5, 0.6) is 0 Å². The summed E-state index contributed by atoms with van der Waals surface area (Å²) >= 11 is 0. The fraction of sp³-hybridized carbons (Fsp3) is 0.308. The Hall–Kier alpha value is -2.37. The van der Waals surface area contributed by atoms with E-state index in [-0.39, 0.29) is 19.0 Å². The number of nitrogens with zero attached hydrogens (tertiary/aromatic N) is 3. The van der Waals surface area contributed by atoms with Gasteiger partial charge in [-0.2, -0.15) is 10.5 Å². The molecule has 1 aromatic rings. The zero-order chi connectivity index (χ0) is 13.4. The number of benzene rings is 1. The fourth-order valence-corrected chi connectivity index (χ4v) is 1.53. The van der Waals surface area contributed by atoms with Gasteiger partial charge in [0.05, 0.1) is 12.1 Å². The van der Waals surface area contributed by atoms with E-state index in [4.69, 9.17) is 16.3 Å². The first kappa shape index (κ1) is 13.7. The molecule has 5 nitrogen and oxygen atoms in total. The summed E-state index contributed by atoms with van der Waals surface area (Å²) in [6.45, 7) is 0.385. The lowest BCUT2D eigenvalue weighted by Crippen LogP contribution is -2.31. The van der Waals surface area contributed by atoms with E-state index in [0.29, 0.717) is 12.1 Å². The van der Waals surface area contributed by atoms with Crippen LogP contribution in [0.3, 0.4) is 0 Å². The largest absolute Gasteiger partial charge is 0.330 e. The first-order valence-corrected chi connectivity index (χ1v) is 5.55. The van der Waals surface area contributed by atoms with Crippen molar-refractivity contribution in [2.45, 2.75) is 6.42 Å². The zero-order valence-electron chi connectivity index (χ0n) is 9.97. The second-order valence-electron chi connectivity index (χ2n) is 3.71. The Morgan fingerprint density at radius 3 is 2.17 bits per heavy atom. The van der Waals surface area contributed by atoms with Crippen LogP contribution < -0.4 is 5.73 Å². The second-order valence-corrected chi connectivity index (χ2v) is 3.71. The first-order chi connectivity index (χ1) is 8.72. The van der Waals surface area contributed by atoms with Crippen LogP contribution in [0, 0.1) is 22.7 Å². The Morgan fingerprint density at radius 2 is 1.72 bits per heavy atom. The minimum atomic E-state index is -0.308. The highest BCUT2D eigenvalue weighted by Gasteiger charge is 2.14. The molecule has 0 aromatic heterocycles. The molecule has 92 valence electrons. The number of nitrogens with two attached hydrogens (primary N) is 1. The predicted octanol–water partition coefficient (Wildman–Crippen LogP) is 0.677. The van der Waals surface area contributed by atoms with E-state index >= 15 is 0 Å². The van der Waals surface area contributed by atoms with Gasteiger partial charge in [0.15, 0.2) is 0 Å². The Morgan fingerprint density at radius 1 is 1.17 bits per heavy atom. The van der Waals surface area contributed by atoms with Gasteiger partial charge in [0.2, 0.25) is 0 Å². The highest BCUT2D eigenvalue weighted by Crippen LogP contribution is 2.08. The number of amides is 1. The predicted molar refractivity (Wildman–Crippen MR) is 66.3 cm³/mol. The molecule has 0 fully saturated rings. The highest BCUT2D eigenvalue weighted by atomic mass is 16.2. The van der Waals surface area contributed by atoms with Gasteiger partial charge in [-0.15, -0.1) is 0 Å². The van der Waals surface area contributed by atoms with Gasteiger partial charge >= 0.3 is 0 Å². The number of hydrogen-bond donors (Lipinski definition) is 1. The average molecular weight is 242 g/mol. The van der Waals surface area contributed by atoms with Gasteiger partial charge in [0, 0.05) is 5.56 Å². The number of nitriles is 2. The molecule has 0 aliphatic rings. The molecule has 1 rings (SSSR count). The summed E-state index contributed by atoms with van der Waals surface area (Å²) in [5.74, 6) is -0.308. The van der Waals surface area contributed by atoms with E-state index in [0.717, 1.165) is 12.0 Å². The minimum absolute atomic E-state index is 0.0864. The quantitative estimate of drug-likeness (QED) is 0.768. The van der Waals surface area contributed by atoms with Crippen molar-refractivity contribution in [2.75, 3.05) is 19.6 Å². The molecule has 0 saturated carbocycles. The van der Waals surface area contributed by atoms with Crippen LogP contribution in [0.25, 0.3) is 0 Å². The molecule has 0 bridgehead atoms. The number of carbonyl (C=O) groups is 1. The third kappa shape index (κ3) is 3.58. The van der Waals surface area contributed by atoms with Crippen molar-refractivity contribution in [1.29, 1.82) is 10.5 Å². The third-order valence-corrected chi connectivity index (χ3v) is 2.44. The Kier molecular flexibility index (Phi) is 5.37. The van der Waals surface area contributed by atoms with E-state index in [2.05, 4.69) is 0 Å². The van der Waals surface area contributed by atoms with Crippen LogP contribution in [0.4, 0.5) is 0 Å². The van der Waals surface area contributed by atoms with E-state index in [1.807, 2.05) is 24.3 Å². The lowest BCUT2D eigenvalue weighted by atomic mass is 10.1. The summed E-state index contributed by atoms with van der Waals surface area (Å²) in [6.07, 6.45) is 0.759. The molecule has 0 aliphatic carbocycles. The van der Waals surface area contributed by atoms with Crippen LogP contribution >= 0.6 is 0 Å². The number of hydrogen-bond acceptors (Lipinski definition) is 4. The summed E-state index contributed by atoms with van der Waals surface area (Å²) < 4.78 is 0. The molecule has 0 spiro atoms. The van der Waals surface area contributed by atoms with Crippen molar-refractivity contribution in [1.82, 2.24) is 4.90 Å². The fourth-order valence-electron chi connectivity index (χ4n) is 1.53. The van der Waals surface area contributed by atoms with Crippen molar-refractivity contribution in [3.05, 3.63) is 35.4 Å². The van der Waals surface area contributed by atoms with Crippen LogP contribution in [0.15, 0.2) is 24.3 Å². The molecule has 0 radical (unpaired) electrons. The topological polar surface area (TPSA) is 93.9 Å². The van der Waals surface area contributed by atoms with Crippen molar-refractivity contribution in [3.8, 4) is 12.1 Å². The van der Waals surface area contributed by atoms with Gasteiger partial charge in [0.1, 0.15) is 13.1 Å². The SMILES string of the molecule is N#CCN(CC#N)C(=O)c1ccc(CCN)cc1. The van der Waals surface area contributed by atoms with Crippen molar-refractivity contribution in [2.24, 2.45) is 5.73 Å². The molecular formula is C13H14N4O. The molecule has 0 unspecified atom stereocenters. The Labute approximate surface area is 106 Å². The van der Waals surface area contributed by atoms with Gasteiger partial charge < -0.3 is 10.6 Å². The molecule has 0 aliphatic heterocycles. The maximum atomic E-state index is 12.0. The lowest BCUT2D eigenvalue weighted by molar-refractivity contribution is 0.0794. The number of carbonyl (C=O) groups excluding carboxylic acids is 1. The maximum Gasteiger partial charge on any atom is 0.255 e. The van der Waals surface area contributed by atoms with E-state index in [1.165, 1.54) is 4.90 Å². The molecule has 2 N–H and O–H groups in total. The monoisotopic (exact) mass is 242 g/mol. The first-order valence-electron chi connectivity index (χ1n) is 5.55. The van der Waals surface area contributed by atoms with Gasteiger partial charge in [0.25, 0.3) is 5.91 Å². The second kappa shape index (κ2) is 7.05. The zero-order valence-corrected chi connectivity index (χ0v) is 9.97. The standard InChI is InChI=1S/C13H14N4O/c14-6-5-11-1-3-12(4-2-11)13(18)17(9-7-15)10-8-16/h1-4H,5-6,9-10,14H2. The Bertz CT molecular complexity index is 465. The summed E-state index contributed by atoms with van der Waals surface area (Å²) in [4.78, 5) is 13.2. The third-order valence-electron chi connectivity index (χ3n) is 2.44. The van der Waals surface area contributed by atoms with E-state index < -0.39 is 0 Å². The molecule has 0 saturated heterocycles. The summed E-state index contributed by atoms with van der Waals surface area (Å²) in [5, 5.41) is 17.2. The summed E-state index contributed by atoms with van der Waals surface area (Å²) in [6, 6.07) is 10.8. The molecule has 18 heavy (non-hydrogen) atoms. The minimum Gasteiger partial charge on any atom is -0.330 e. The van der Waals surface area contributed by atoms with Crippen molar-refractivity contribution >= 4 is 5.91 Å².